The quantitative estimate of drug-likeness (QED) is 0.598. The maximum Gasteiger partial charge on any atom is 0.274 e. The third-order valence-corrected chi connectivity index (χ3v) is 2.99. The van der Waals surface area contributed by atoms with E-state index in [1.807, 2.05) is 0 Å². The van der Waals surface area contributed by atoms with Gasteiger partial charge in [0.2, 0.25) is 0 Å². The number of para-hydroxylation sites is 1. The van der Waals surface area contributed by atoms with Crippen LogP contribution in [-0.4, -0.2) is 10.9 Å². The van der Waals surface area contributed by atoms with Crippen LogP contribution in [0.5, 0.6) is 0 Å². The van der Waals surface area contributed by atoms with Crippen LogP contribution in [0.25, 0.3) is 0 Å². The number of amides is 1. The fraction of sp³-hybridized carbons (Fsp3) is 0. The maximum absolute atomic E-state index is 13.6. The standard InChI is InChI=1S/C12H10BrFN4O/c13-7-3-1-4-8(14)11(7)17-12(19)9-5-2-6-10(16-9)18-15/h1-6H,15H2,(H,16,18)(H,17,19). The van der Waals surface area contributed by atoms with Gasteiger partial charge >= 0.3 is 0 Å². The van der Waals surface area contributed by atoms with Gasteiger partial charge in [0.15, 0.2) is 0 Å². The lowest BCUT2D eigenvalue weighted by Gasteiger charge is -2.08. The third kappa shape index (κ3) is 3.07. The summed E-state index contributed by atoms with van der Waals surface area (Å²) < 4.78 is 14.0. The molecule has 1 heterocycles. The van der Waals surface area contributed by atoms with Gasteiger partial charge in [0.05, 0.1) is 5.69 Å². The number of hydrazine groups is 1. The number of benzene rings is 1. The fourth-order valence-corrected chi connectivity index (χ4v) is 1.88. The number of hydrogen-bond acceptors (Lipinski definition) is 4. The first-order chi connectivity index (χ1) is 9.11. The molecule has 0 saturated carbocycles. The van der Waals surface area contributed by atoms with Crippen molar-refractivity contribution in [1.82, 2.24) is 4.98 Å². The number of carbonyl (C=O) groups is 1. The lowest BCUT2D eigenvalue weighted by molar-refractivity contribution is 0.102. The van der Waals surface area contributed by atoms with Crippen molar-refractivity contribution in [1.29, 1.82) is 0 Å². The van der Waals surface area contributed by atoms with Gasteiger partial charge in [-0.05, 0) is 40.2 Å². The van der Waals surface area contributed by atoms with Crippen LogP contribution < -0.4 is 16.6 Å². The summed E-state index contributed by atoms with van der Waals surface area (Å²) in [6.45, 7) is 0. The Morgan fingerprint density at radius 3 is 2.68 bits per heavy atom. The lowest BCUT2D eigenvalue weighted by atomic mass is 10.2. The molecule has 5 nitrogen and oxygen atoms in total. The molecule has 0 fully saturated rings. The number of aromatic nitrogens is 1. The normalized spacial score (nSPS) is 10.1. The van der Waals surface area contributed by atoms with E-state index in [1.54, 1.807) is 18.2 Å². The van der Waals surface area contributed by atoms with E-state index < -0.39 is 11.7 Å². The minimum atomic E-state index is -0.532. The van der Waals surface area contributed by atoms with Gasteiger partial charge in [-0.2, -0.15) is 0 Å². The Hall–Kier alpha value is -1.99. The molecule has 1 amide bonds. The fourth-order valence-electron chi connectivity index (χ4n) is 1.44. The van der Waals surface area contributed by atoms with Gasteiger partial charge < -0.3 is 10.7 Å². The van der Waals surface area contributed by atoms with Crippen LogP contribution >= 0.6 is 15.9 Å². The Kier molecular flexibility index (Phi) is 4.08. The zero-order chi connectivity index (χ0) is 13.8. The molecule has 0 unspecified atom stereocenters. The number of nitrogens with one attached hydrogen (secondary N) is 2. The van der Waals surface area contributed by atoms with Gasteiger partial charge in [-0.15, -0.1) is 0 Å². The highest BCUT2D eigenvalue weighted by Crippen LogP contribution is 2.25. The van der Waals surface area contributed by atoms with Gasteiger partial charge in [-0.25, -0.2) is 15.2 Å². The summed E-state index contributed by atoms with van der Waals surface area (Å²) in [7, 11) is 0. The number of pyridine rings is 1. The highest BCUT2D eigenvalue weighted by Gasteiger charge is 2.13. The molecule has 19 heavy (non-hydrogen) atoms. The van der Waals surface area contributed by atoms with Crippen molar-refractivity contribution < 1.29 is 9.18 Å². The topological polar surface area (TPSA) is 80.0 Å². The predicted octanol–water partition coefficient (Wildman–Crippen LogP) is 2.52. The Balaban J connectivity index is 2.25. The zero-order valence-corrected chi connectivity index (χ0v) is 11.2. The Labute approximate surface area is 117 Å². The van der Waals surface area contributed by atoms with Crippen molar-refractivity contribution in [3.05, 3.63) is 52.4 Å². The van der Waals surface area contributed by atoms with Crippen molar-refractivity contribution in [2.75, 3.05) is 10.7 Å². The molecule has 0 atom stereocenters. The second kappa shape index (κ2) is 5.77. The number of carbonyl (C=O) groups excluding carboxylic acids is 1. The molecule has 0 aliphatic rings. The molecule has 0 radical (unpaired) electrons. The summed E-state index contributed by atoms with van der Waals surface area (Å²) in [5.41, 5.74) is 2.53. The van der Waals surface area contributed by atoms with Crippen LogP contribution in [0.1, 0.15) is 10.5 Å². The van der Waals surface area contributed by atoms with E-state index in [-0.39, 0.29) is 11.4 Å². The molecule has 1 aromatic carbocycles. The van der Waals surface area contributed by atoms with E-state index in [4.69, 9.17) is 5.84 Å². The van der Waals surface area contributed by atoms with Crippen LogP contribution in [-0.2, 0) is 0 Å². The number of rotatable bonds is 3. The van der Waals surface area contributed by atoms with Gasteiger partial charge in [0.1, 0.15) is 17.3 Å². The first kappa shape index (κ1) is 13.4. The smallest absolute Gasteiger partial charge is 0.274 e. The molecule has 2 rings (SSSR count). The average molecular weight is 325 g/mol. The molecule has 4 N–H and O–H groups in total. The van der Waals surface area contributed by atoms with Crippen molar-refractivity contribution >= 4 is 33.3 Å². The second-order valence-electron chi connectivity index (χ2n) is 3.60. The SMILES string of the molecule is NNc1cccc(C(=O)Nc2c(F)cccc2Br)n1. The maximum atomic E-state index is 13.6. The Morgan fingerprint density at radius 1 is 1.26 bits per heavy atom. The molecule has 1 aromatic heterocycles. The molecular weight excluding hydrogens is 315 g/mol. The third-order valence-electron chi connectivity index (χ3n) is 2.33. The lowest BCUT2D eigenvalue weighted by Crippen LogP contribution is -2.17. The minimum absolute atomic E-state index is 0.0698. The summed E-state index contributed by atoms with van der Waals surface area (Å²) in [6, 6.07) is 9.15. The van der Waals surface area contributed by atoms with Crippen LogP contribution in [0.15, 0.2) is 40.9 Å². The number of hydrogen-bond donors (Lipinski definition) is 3. The summed E-state index contributed by atoms with van der Waals surface area (Å²) in [5, 5.41) is 2.45. The van der Waals surface area contributed by atoms with E-state index in [1.165, 1.54) is 18.2 Å². The molecule has 0 bridgehead atoms. The van der Waals surface area contributed by atoms with Crippen molar-refractivity contribution in [3.63, 3.8) is 0 Å². The zero-order valence-electron chi connectivity index (χ0n) is 9.65. The summed E-state index contributed by atoms with van der Waals surface area (Å²) in [5.74, 6) is 4.50. The molecule has 2 aromatic rings. The van der Waals surface area contributed by atoms with E-state index in [0.29, 0.717) is 10.3 Å². The number of anilines is 2. The predicted molar refractivity (Wildman–Crippen MR) is 74.1 cm³/mol. The largest absolute Gasteiger partial charge is 0.317 e. The van der Waals surface area contributed by atoms with Crippen LogP contribution in [0.2, 0.25) is 0 Å². The summed E-state index contributed by atoms with van der Waals surface area (Å²) in [6.07, 6.45) is 0. The van der Waals surface area contributed by atoms with Crippen molar-refractivity contribution in [2.45, 2.75) is 0 Å². The van der Waals surface area contributed by atoms with E-state index in [2.05, 4.69) is 31.7 Å². The van der Waals surface area contributed by atoms with Gasteiger partial charge in [-0.1, -0.05) is 12.1 Å². The minimum Gasteiger partial charge on any atom is -0.317 e. The molecule has 0 aliphatic heterocycles. The van der Waals surface area contributed by atoms with Gasteiger partial charge in [-0.3, -0.25) is 4.79 Å². The number of nitrogens with zero attached hydrogens (tertiary/aromatic N) is 1. The molecule has 0 saturated heterocycles. The van der Waals surface area contributed by atoms with Crippen LogP contribution in [0.3, 0.4) is 0 Å². The average Bonchev–Trinajstić information content (AvgIpc) is 2.43. The molecule has 98 valence electrons. The monoisotopic (exact) mass is 324 g/mol. The number of nitrogen functional groups attached to an aromatic ring is 1. The van der Waals surface area contributed by atoms with Crippen molar-refractivity contribution in [3.8, 4) is 0 Å². The summed E-state index contributed by atoms with van der Waals surface area (Å²) >= 11 is 3.17. The summed E-state index contributed by atoms with van der Waals surface area (Å²) in [4.78, 5) is 15.9. The highest BCUT2D eigenvalue weighted by atomic mass is 79.9. The number of nitrogens with two attached hydrogens (primary N) is 1. The van der Waals surface area contributed by atoms with Gasteiger partial charge in [0, 0.05) is 4.47 Å². The number of halogens is 2. The molecular formula is C12H10BrFN4O. The van der Waals surface area contributed by atoms with Crippen LogP contribution in [0, 0.1) is 5.82 Å². The molecule has 7 heteroatoms. The Morgan fingerprint density at radius 2 is 2.00 bits per heavy atom. The second-order valence-corrected chi connectivity index (χ2v) is 4.46. The van der Waals surface area contributed by atoms with Crippen molar-refractivity contribution in [2.24, 2.45) is 5.84 Å². The van der Waals surface area contributed by atoms with Gasteiger partial charge in [0.25, 0.3) is 5.91 Å². The molecule has 0 spiro atoms. The van der Waals surface area contributed by atoms with E-state index in [0.717, 1.165) is 0 Å². The highest BCUT2D eigenvalue weighted by molar-refractivity contribution is 9.10. The van der Waals surface area contributed by atoms with E-state index in [9.17, 15) is 9.18 Å². The first-order valence-electron chi connectivity index (χ1n) is 5.31. The Bertz CT molecular complexity index is 600. The van der Waals surface area contributed by atoms with E-state index >= 15 is 0 Å². The van der Waals surface area contributed by atoms with Crippen LogP contribution in [0.4, 0.5) is 15.9 Å². The molecule has 0 aliphatic carbocycles. The first-order valence-corrected chi connectivity index (χ1v) is 6.10.